The molecule has 0 radical (unpaired) electrons. The van der Waals surface area contributed by atoms with Crippen molar-refractivity contribution in [2.75, 3.05) is 19.0 Å². The Morgan fingerprint density at radius 1 is 1.50 bits per heavy atom. The Bertz CT molecular complexity index is 448. The summed E-state index contributed by atoms with van der Waals surface area (Å²) in [5.74, 6) is 0.655. The van der Waals surface area contributed by atoms with Gasteiger partial charge in [0, 0.05) is 19.2 Å². The van der Waals surface area contributed by atoms with Crippen LogP contribution < -0.4 is 5.32 Å². The highest BCUT2D eigenvalue weighted by Gasteiger charge is 2.30. The molecule has 2 N–H and O–H groups in total. The molecule has 6 nitrogen and oxygen atoms in total. The molecule has 1 atom stereocenters. The average Bonchev–Trinajstić information content (AvgIpc) is 2.75. The highest BCUT2D eigenvalue weighted by molar-refractivity contribution is 5.88. The molecule has 0 aliphatic carbocycles. The largest absolute Gasteiger partial charge is 0.394 e. The van der Waals surface area contributed by atoms with Crippen molar-refractivity contribution in [2.45, 2.75) is 46.7 Å². The lowest BCUT2D eigenvalue weighted by atomic mass is 9.86. The molecule has 0 aliphatic heterocycles. The Morgan fingerprint density at radius 3 is 2.55 bits per heavy atom. The number of hydrogen-bond donors (Lipinski definition) is 2. The Morgan fingerprint density at radius 2 is 2.10 bits per heavy atom. The number of carbonyl (C=O) groups excluding carboxylic acids is 1. The minimum atomic E-state index is -0.252. The van der Waals surface area contributed by atoms with E-state index in [1.807, 2.05) is 34.6 Å². The van der Waals surface area contributed by atoms with Gasteiger partial charge in [-0.25, -0.2) is 9.48 Å². The van der Waals surface area contributed by atoms with Crippen LogP contribution in [0, 0.1) is 5.41 Å². The molecule has 2 amide bonds. The van der Waals surface area contributed by atoms with Gasteiger partial charge in [-0.2, -0.15) is 5.10 Å². The molecule has 1 aromatic heterocycles. The highest BCUT2D eigenvalue weighted by atomic mass is 16.3. The van der Waals surface area contributed by atoms with E-state index in [1.165, 1.54) is 4.90 Å². The van der Waals surface area contributed by atoms with Gasteiger partial charge >= 0.3 is 6.03 Å². The van der Waals surface area contributed by atoms with E-state index in [9.17, 15) is 9.90 Å². The number of anilines is 1. The molecule has 1 rings (SSSR count). The van der Waals surface area contributed by atoms with Crippen LogP contribution in [-0.2, 0) is 0 Å². The molecule has 1 heterocycles. The Labute approximate surface area is 120 Å². The fraction of sp³-hybridized carbons (Fsp3) is 0.714. The van der Waals surface area contributed by atoms with Crippen molar-refractivity contribution in [1.82, 2.24) is 14.7 Å². The summed E-state index contributed by atoms with van der Waals surface area (Å²) in [6.45, 7) is 9.91. The lowest BCUT2D eigenvalue weighted by Crippen LogP contribution is -2.49. The lowest BCUT2D eigenvalue weighted by molar-refractivity contribution is 0.0885. The number of amides is 2. The number of aliphatic hydroxyl groups excluding tert-OH is 1. The van der Waals surface area contributed by atoms with Crippen LogP contribution in [0.4, 0.5) is 10.6 Å². The van der Waals surface area contributed by atoms with Gasteiger partial charge in [0.05, 0.1) is 18.8 Å². The standard InChI is InChI=1S/C14H26N4O2/c1-10(2)18-12(7-8-15-18)16-13(20)17(6)11(9-19)14(3,4)5/h7-8,10-11,19H,9H2,1-6H3,(H,16,20). The molecule has 0 saturated carbocycles. The van der Waals surface area contributed by atoms with Crippen molar-refractivity contribution in [1.29, 1.82) is 0 Å². The number of aliphatic hydroxyl groups is 1. The lowest BCUT2D eigenvalue weighted by Gasteiger charge is -2.36. The first-order valence-corrected chi connectivity index (χ1v) is 6.86. The number of rotatable bonds is 4. The van der Waals surface area contributed by atoms with Crippen LogP contribution in [0.15, 0.2) is 12.3 Å². The molecule has 1 unspecified atom stereocenters. The molecule has 0 fully saturated rings. The number of nitrogens with zero attached hydrogens (tertiary/aromatic N) is 3. The van der Waals surface area contributed by atoms with Crippen LogP contribution >= 0.6 is 0 Å². The zero-order chi connectivity index (χ0) is 15.5. The number of nitrogens with one attached hydrogen (secondary N) is 1. The van der Waals surface area contributed by atoms with Gasteiger partial charge in [0.2, 0.25) is 0 Å². The van der Waals surface area contributed by atoms with E-state index >= 15 is 0 Å². The first-order chi connectivity index (χ1) is 9.18. The summed E-state index contributed by atoms with van der Waals surface area (Å²) in [5, 5.41) is 16.5. The zero-order valence-corrected chi connectivity index (χ0v) is 13.2. The molecule has 0 bridgehead atoms. The maximum Gasteiger partial charge on any atom is 0.323 e. The van der Waals surface area contributed by atoms with E-state index < -0.39 is 0 Å². The quantitative estimate of drug-likeness (QED) is 0.890. The fourth-order valence-corrected chi connectivity index (χ4v) is 2.14. The second kappa shape index (κ2) is 6.26. The third kappa shape index (κ3) is 3.72. The molecular weight excluding hydrogens is 256 g/mol. The molecule has 0 aromatic carbocycles. The van der Waals surface area contributed by atoms with Crippen molar-refractivity contribution in [3.63, 3.8) is 0 Å². The van der Waals surface area contributed by atoms with Crippen molar-refractivity contribution in [3.05, 3.63) is 12.3 Å². The first-order valence-electron chi connectivity index (χ1n) is 6.86. The molecular formula is C14H26N4O2. The number of aromatic nitrogens is 2. The van der Waals surface area contributed by atoms with Gasteiger partial charge in [0.15, 0.2) is 0 Å². The van der Waals surface area contributed by atoms with Gasteiger partial charge in [-0.1, -0.05) is 20.8 Å². The summed E-state index contributed by atoms with van der Waals surface area (Å²) in [6.07, 6.45) is 1.66. The van der Waals surface area contributed by atoms with Gasteiger partial charge in [-0.05, 0) is 19.3 Å². The van der Waals surface area contributed by atoms with Gasteiger partial charge in [0.1, 0.15) is 5.82 Å². The number of urea groups is 1. The summed E-state index contributed by atoms with van der Waals surface area (Å²) in [4.78, 5) is 13.8. The summed E-state index contributed by atoms with van der Waals surface area (Å²) < 4.78 is 1.75. The van der Waals surface area contributed by atoms with E-state index in [2.05, 4.69) is 10.4 Å². The van der Waals surface area contributed by atoms with Gasteiger partial charge in [-0.3, -0.25) is 5.32 Å². The second-order valence-corrected chi connectivity index (χ2v) is 6.36. The van der Waals surface area contributed by atoms with E-state index in [4.69, 9.17) is 0 Å². The second-order valence-electron chi connectivity index (χ2n) is 6.36. The van der Waals surface area contributed by atoms with Crippen LogP contribution in [-0.4, -0.2) is 45.5 Å². The molecule has 1 aromatic rings. The van der Waals surface area contributed by atoms with Crippen LogP contribution in [0.1, 0.15) is 40.7 Å². The third-order valence-electron chi connectivity index (χ3n) is 3.35. The van der Waals surface area contributed by atoms with Crippen LogP contribution in [0.3, 0.4) is 0 Å². The van der Waals surface area contributed by atoms with Crippen LogP contribution in [0.2, 0.25) is 0 Å². The smallest absolute Gasteiger partial charge is 0.323 e. The maximum atomic E-state index is 12.3. The van der Waals surface area contributed by atoms with E-state index in [-0.39, 0.29) is 30.1 Å². The molecule has 114 valence electrons. The Balaban J connectivity index is 2.82. The molecule has 0 aliphatic rings. The summed E-state index contributed by atoms with van der Waals surface area (Å²) in [5.41, 5.74) is -0.195. The van der Waals surface area contributed by atoms with Crippen molar-refractivity contribution >= 4 is 11.8 Å². The first kappa shape index (κ1) is 16.5. The molecule has 20 heavy (non-hydrogen) atoms. The predicted octanol–water partition coefficient (Wildman–Crippen LogP) is 2.33. The molecule has 6 heteroatoms. The average molecular weight is 282 g/mol. The monoisotopic (exact) mass is 282 g/mol. The topological polar surface area (TPSA) is 70.4 Å². The van der Waals surface area contributed by atoms with Crippen molar-refractivity contribution in [2.24, 2.45) is 5.41 Å². The van der Waals surface area contributed by atoms with Crippen molar-refractivity contribution in [3.8, 4) is 0 Å². The van der Waals surface area contributed by atoms with Crippen molar-refractivity contribution < 1.29 is 9.90 Å². The van der Waals surface area contributed by atoms with Gasteiger partial charge in [-0.15, -0.1) is 0 Å². The predicted molar refractivity (Wildman–Crippen MR) is 79.7 cm³/mol. The Hall–Kier alpha value is -1.56. The number of likely N-dealkylation sites (N-methyl/N-ethyl adjacent to an activating group) is 1. The van der Waals surface area contributed by atoms with Gasteiger partial charge in [0.25, 0.3) is 0 Å². The van der Waals surface area contributed by atoms with E-state index in [0.717, 1.165) is 0 Å². The third-order valence-corrected chi connectivity index (χ3v) is 3.35. The maximum absolute atomic E-state index is 12.3. The number of hydrogen-bond acceptors (Lipinski definition) is 3. The normalized spacial score (nSPS) is 13.4. The van der Waals surface area contributed by atoms with Crippen LogP contribution in [0.25, 0.3) is 0 Å². The number of carbonyl (C=O) groups is 1. The molecule has 0 saturated heterocycles. The molecule has 0 spiro atoms. The highest BCUT2D eigenvalue weighted by Crippen LogP contribution is 2.24. The summed E-state index contributed by atoms with van der Waals surface area (Å²) >= 11 is 0. The zero-order valence-electron chi connectivity index (χ0n) is 13.2. The summed E-state index contributed by atoms with van der Waals surface area (Å²) in [6, 6.07) is 1.43. The Kier molecular flexibility index (Phi) is 5.16. The van der Waals surface area contributed by atoms with E-state index in [0.29, 0.717) is 5.82 Å². The summed E-state index contributed by atoms with van der Waals surface area (Å²) in [7, 11) is 1.69. The fourth-order valence-electron chi connectivity index (χ4n) is 2.14. The van der Waals surface area contributed by atoms with Gasteiger partial charge < -0.3 is 10.0 Å². The minimum absolute atomic E-state index is 0.0726. The SMILES string of the molecule is CC(C)n1nccc1NC(=O)N(C)C(CO)C(C)(C)C. The van der Waals surface area contributed by atoms with E-state index in [1.54, 1.807) is 24.0 Å². The van der Waals surface area contributed by atoms with Crippen LogP contribution in [0.5, 0.6) is 0 Å². The minimum Gasteiger partial charge on any atom is -0.394 e.